The number of aliphatic hydroxyl groups is 2. The zero-order chi connectivity index (χ0) is 26.4. The number of ether oxygens (including phenoxy) is 3. The standard InChI is InChI=1S/C27H40O9/c1-12(2)18-8-15-9-26(23(30)31)17-7-6-13(3)16(17)10-25(15,27(18,26)24(32)33)11-35-22-20(29)19(28)21(34-5)14(4)36-22/h8,12-17,19-22,28-29H,6-7,9-11H2,1-5H3,(H,30,31)(H,32,33)/t13-,14+,15+,16-,17-,19-,20-,21-,22-,25+,26-,27-/m1/s1. The first kappa shape index (κ1) is 26.1. The minimum atomic E-state index is -1.60. The van der Waals surface area contributed by atoms with Gasteiger partial charge in [-0.15, -0.1) is 0 Å². The van der Waals surface area contributed by atoms with Crippen molar-refractivity contribution in [2.45, 2.75) is 84.1 Å². The summed E-state index contributed by atoms with van der Waals surface area (Å²) in [6.07, 6.45) is -0.626. The number of carbonyl (C=O) groups is 2. The smallest absolute Gasteiger partial charge is 0.315 e. The summed E-state index contributed by atoms with van der Waals surface area (Å²) < 4.78 is 17.3. The zero-order valence-corrected chi connectivity index (χ0v) is 21.7. The predicted octanol–water partition coefficient (Wildman–Crippen LogP) is 2.29. The monoisotopic (exact) mass is 508 g/mol. The highest BCUT2D eigenvalue weighted by Gasteiger charge is 2.86. The van der Waals surface area contributed by atoms with Gasteiger partial charge in [0.15, 0.2) is 6.29 Å². The molecule has 3 saturated carbocycles. The predicted molar refractivity (Wildman–Crippen MR) is 127 cm³/mol. The zero-order valence-electron chi connectivity index (χ0n) is 21.7. The number of hydrogen-bond donors (Lipinski definition) is 4. The molecule has 4 bridgehead atoms. The molecule has 1 aliphatic heterocycles. The lowest BCUT2D eigenvalue weighted by Gasteiger charge is -2.58. The highest BCUT2D eigenvalue weighted by Crippen LogP contribution is 2.83. The van der Waals surface area contributed by atoms with E-state index in [0.717, 1.165) is 12.8 Å². The first-order chi connectivity index (χ1) is 16.9. The van der Waals surface area contributed by atoms with Gasteiger partial charge in [0.2, 0.25) is 0 Å². The Hall–Kier alpha value is -1.52. The maximum Gasteiger partial charge on any atom is 0.315 e. The minimum Gasteiger partial charge on any atom is -0.481 e. The molecule has 0 unspecified atom stereocenters. The van der Waals surface area contributed by atoms with Crippen LogP contribution in [0.1, 0.15) is 53.4 Å². The molecule has 0 spiro atoms. The van der Waals surface area contributed by atoms with Crippen LogP contribution in [0.3, 0.4) is 0 Å². The van der Waals surface area contributed by atoms with E-state index in [1.54, 1.807) is 6.92 Å². The van der Waals surface area contributed by atoms with Gasteiger partial charge in [0.1, 0.15) is 23.7 Å². The molecule has 12 atom stereocenters. The Morgan fingerprint density at radius 3 is 2.39 bits per heavy atom. The van der Waals surface area contributed by atoms with Crippen LogP contribution in [0.5, 0.6) is 0 Å². The van der Waals surface area contributed by atoms with Crippen molar-refractivity contribution in [3.05, 3.63) is 11.6 Å². The number of fused-ring (bicyclic) bond motifs is 2. The largest absolute Gasteiger partial charge is 0.481 e. The van der Waals surface area contributed by atoms with Crippen molar-refractivity contribution in [3.8, 4) is 0 Å². The van der Waals surface area contributed by atoms with Crippen molar-refractivity contribution in [1.82, 2.24) is 0 Å². The summed E-state index contributed by atoms with van der Waals surface area (Å²) >= 11 is 0. The maximum absolute atomic E-state index is 13.5. The molecule has 4 N–H and O–H groups in total. The van der Waals surface area contributed by atoms with Gasteiger partial charge in [-0.05, 0) is 55.8 Å². The van der Waals surface area contributed by atoms with Gasteiger partial charge in [-0.1, -0.05) is 38.8 Å². The van der Waals surface area contributed by atoms with Crippen molar-refractivity contribution in [2.75, 3.05) is 13.7 Å². The molecule has 1 saturated heterocycles. The van der Waals surface area contributed by atoms with E-state index in [2.05, 4.69) is 6.92 Å². The Bertz CT molecular complexity index is 963. The molecule has 5 rings (SSSR count). The number of allylic oxidation sites excluding steroid dienone is 1. The molecule has 4 fully saturated rings. The summed E-state index contributed by atoms with van der Waals surface area (Å²) in [5.41, 5.74) is -3.30. The van der Waals surface area contributed by atoms with Crippen molar-refractivity contribution >= 4 is 11.9 Å². The first-order valence-electron chi connectivity index (χ1n) is 13.3. The van der Waals surface area contributed by atoms with Crippen molar-refractivity contribution in [2.24, 2.45) is 45.8 Å². The number of aliphatic hydroxyl groups excluding tert-OH is 2. The second-order valence-corrected chi connectivity index (χ2v) is 12.3. The number of aliphatic carboxylic acids is 2. The van der Waals surface area contributed by atoms with Crippen LogP contribution in [-0.2, 0) is 23.8 Å². The molecule has 9 heteroatoms. The first-order valence-corrected chi connectivity index (χ1v) is 13.3. The quantitative estimate of drug-likeness (QED) is 0.381. The molecule has 0 aromatic carbocycles. The van der Waals surface area contributed by atoms with Gasteiger partial charge in [-0.3, -0.25) is 9.59 Å². The van der Waals surface area contributed by atoms with Gasteiger partial charge in [-0.25, -0.2) is 0 Å². The number of methoxy groups -OCH3 is 1. The van der Waals surface area contributed by atoms with E-state index in [1.807, 2.05) is 19.9 Å². The number of carboxylic acid groups (broad SMARTS) is 2. The van der Waals surface area contributed by atoms with Crippen molar-refractivity contribution in [1.29, 1.82) is 0 Å². The second kappa shape index (κ2) is 8.50. The van der Waals surface area contributed by atoms with E-state index in [4.69, 9.17) is 14.2 Å². The van der Waals surface area contributed by atoms with Crippen LogP contribution in [0, 0.1) is 45.8 Å². The van der Waals surface area contributed by atoms with Crippen LogP contribution in [0.15, 0.2) is 11.6 Å². The Labute approximate surface area is 211 Å². The van der Waals surface area contributed by atoms with E-state index in [-0.39, 0.29) is 36.7 Å². The fourth-order valence-corrected chi connectivity index (χ4v) is 9.44. The number of carboxylic acids is 2. The molecule has 0 aromatic heterocycles. The Morgan fingerprint density at radius 1 is 1.11 bits per heavy atom. The SMILES string of the molecule is CO[C@H]1[C@H](O)[C@@H](O)[C@H](OC[C@@]23C[C@@H]4[C@H](C)CC[C@H]4[C@@]4(C(=O)O)C[C@@H]2C=C(C(C)C)[C@@]34C(=O)O)O[C@H]1C. The molecule has 0 amide bonds. The van der Waals surface area contributed by atoms with Crippen LogP contribution < -0.4 is 0 Å². The molecule has 36 heavy (non-hydrogen) atoms. The van der Waals surface area contributed by atoms with Gasteiger partial charge >= 0.3 is 11.9 Å². The van der Waals surface area contributed by atoms with Crippen LogP contribution in [0.25, 0.3) is 0 Å². The highest BCUT2D eigenvalue weighted by atomic mass is 16.7. The molecule has 9 nitrogen and oxygen atoms in total. The molecule has 5 aliphatic rings. The van der Waals surface area contributed by atoms with Crippen LogP contribution in [0.4, 0.5) is 0 Å². The minimum absolute atomic E-state index is 0.0690. The Balaban J connectivity index is 1.59. The number of rotatable bonds is 7. The second-order valence-electron chi connectivity index (χ2n) is 12.3. The van der Waals surface area contributed by atoms with Crippen LogP contribution in [-0.4, -0.2) is 76.8 Å². The average Bonchev–Trinajstić information content (AvgIpc) is 3.38. The summed E-state index contributed by atoms with van der Waals surface area (Å²) in [5.74, 6) is -2.35. The Kier molecular flexibility index (Phi) is 6.16. The summed E-state index contributed by atoms with van der Waals surface area (Å²) in [7, 11) is 1.43. The lowest BCUT2D eigenvalue weighted by atomic mass is 9.42. The molecule has 0 aromatic rings. The van der Waals surface area contributed by atoms with E-state index < -0.39 is 58.9 Å². The molecule has 0 radical (unpaired) electrons. The Morgan fingerprint density at radius 2 is 1.81 bits per heavy atom. The molecule has 4 aliphatic carbocycles. The van der Waals surface area contributed by atoms with Crippen molar-refractivity contribution in [3.63, 3.8) is 0 Å². The highest BCUT2D eigenvalue weighted by molar-refractivity contribution is 5.94. The van der Waals surface area contributed by atoms with E-state index in [1.165, 1.54) is 7.11 Å². The normalized spacial score (nSPS) is 51.3. The average molecular weight is 509 g/mol. The van der Waals surface area contributed by atoms with Gasteiger partial charge in [0.25, 0.3) is 0 Å². The third-order valence-corrected chi connectivity index (χ3v) is 10.8. The van der Waals surface area contributed by atoms with Crippen LogP contribution >= 0.6 is 0 Å². The summed E-state index contributed by atoms with van der Waals surface area (Å²) in [6, 6.07) is 0. The lowest BCUT2D eigenvalue weighted by Crippen LogP contribution is -2.66. The summed E-state index contributed by atoms with van der Waals surface area (Å²) in [6.45, 7) is 7.66. The molecule has 1 heterocycles. The molecular weight excluding hydrogens is 468 g/mol. The summed E-state index contributed by atoms with van der Waals surface area (Å²) in [4.78, 5) is 26.8. The molecular formula is C27H40O9. The van der Waals surface area contributed by atoms with E-state index >= 15 is 0 Å². The van der Waals surface area contributed by atoms with Crippen LogP contribution in [0.2, 0.25) is 0 Å². The van der Waals surface area contributed by atoms with E-state index in [9.17, 15) is 30.0 Å². The fraction of sp³-hybridized carbons (Fsp3) is 0.852. The lowest BCUT2D eigenvalue weighted by molar-refractivity contribution is -0.307. The fourth-order valence-electron chi connectivity index (χ4n) is 9.44. The van der Waals surface area contributed by atoms with Gasteiger partial charge in [0, 0.05) is 12.5 Å². The van der Waals surface area contributed by atoms with Crippen molar-refractivity contribution < 1.29 is 44.2 Å². The maximum atomic E-state index is 13.5. The number of hydrogen-bond acceptors (Lipinski definition) is 7. The molecule has 202 valence electrons. The topological polar surface area (TPSA) is 143 Å². The third-order valence-electron chi connectivity index (χ3n) is 10.8. The summed E-state index contributed by atoms with van der Waals surface area (Å²) in [5, 5.41) is 43.2. The third kappa shape index (κ3) is 2.89. The van der Waals surface area contributed by atoms with Gasteiger partial charge in [-0.2, -0.15) is 0 Å². The van der Waals surface area contributed by atoms with E-state index in [0.29, 0.717) is 17.9 Å². The van der Waals surface area contributed by atoms with Gasteiger partial charge in [0.05, 0.1) is 18.1 Å². The van der Waals surface area contributed by atoms with Gasteiger partial charge < -0.3 is 34.6 Å².